The lowest BCUT2D eigenvalue weighted by Gasteiger charge is -2.27. The molecule has 1 fully saturated rings. The highest BCUT2D eigenvalue weighted by molar-refractivity contribution is 5.69. The van der Waals surface area contributed by atoms with Crippen molar-refractivity contribution in [3.8, 4) is 17.3 Å². The molecule has 3 rings (SSSR count). The predicted octanol–water partition coefficient (Wildman–Crippen LogP) is 3.60. The zero-order chi connectivity index (χ0) is 18.7. The van der Waals surface area contributed by atoms with Crippen LogP contribution in [0, 0.1) is 0 Å². The van der Waals surface area contributed by atoms with E-state index < -0.39 is 5.60 Å². The van der Waals surface area contributed by atoms with E-state index in [1.807, 2.05) is 33.8 Å². The summed E-state index contributed by atoms with van der Waals surface area (Å²) in [6, 6.07) is 3.34. The molecule has 2 aromatic rings. The van der Waals surface area contributed by atoms with Crippen molar-refractivity contribution in [2.45, 2.75) is 52.2 Å². The van der Waals surface area contributed by atoms with E-state index in [4.69, 9.17) is 14.0 Å². The minimum Gasteiger partial charge on any atom is -0.477 e. The summed E-state index contributed by atoms with van der Waals surface area (Å²) in [5.74, 6) is 1.24. The van der Waals surface area contributed by atoms with Gasteiger partial charge in [-0.25, -0.2) is 9.78 Å². The van der Waals surface area contributed by atoms with E-state index in [1.165, 1.54) is 0 Å². The maximum Gasteiger partial charge on any atom is 0.410 e. The fraction of sp³-hybridized carbons (Fsp3) is 0.556. The number of carbonyl (C=O) groups is 1. The number of amides is 1. The lowest BCUT2D eigenvalue weighted by molar-refractivity contribution is 0.0217. The number of aromatic nitrogens is 3. The third-order valence-electron chi connectivity index (χ3n) is 3.90. The summed E-state index contributed by atoms with van der Waals surface area (Å²) in [5.41, 5.74) is 0.0873. The third-order valence-corrected chi connectivity index (χ3v) is 3.90. The van der Waals surface area contributed by atoms with Gasteiger partial charge in [0.2, 0.25) is 5.88 Å². The van der Waals surface area contributed by atoms with E-state index in [2.05, 4.69) is 15.1 Å². The quantitative estimate of drug-likeness (QED) is 0.822. The van der Waals surface area contributed by atoms with Crippen LogP contribution in [-0.2, 0) is 4.74 Å². The number of hydrogen-bond donors (Lipinski definition) is 0. The Hall–Kier alpha value is -2.64. The van der Waals surface area contributed by atoms with Crippen molar-refractivity contribution in [1.29, 1.82) is 0 Å². The second kappa shape index (κ2) is 7.31. The maximum absolute atomic E-state index is 12.4. The third kappa shape index (κ3) is 3.95. The largest absolute Gasteiger partial charge is 0.477 e. The lowest BCUT2D eigenvalue weighted by atomic mass is 10.2. The molecule has 0 bridgehead atoms. The van der Waals surface area contributed by atoms with Gasteiger partial charge in [-0.15, -0.1) is 0 Å². The van der Waals surface area contributed by atoms with Gasteiger partial charge in [-0.1, -0.05) is 5.16 Å². The van der Waals surface area contributed by atoms with E-state index in [0.29, 0.717) is 36.3 Å². The van der Waals surface area contributed by atoms with Crippen molar-refractivity contribution in [2.75, 3.05) is 13.2 Å². The standard InChI is InChI=1S/C18H24N4O4/c1-5-24-15-12(8-6-10-19-15)16-20-14(21-26-16)13-9-7-11-22(13)17(23)25-18(2,3)4/h6,8,10,13H,5,7,9,11H2,1-4H3/t13-/m0/s1. The van der Waals surface area contributed by atoms with Crippen LogP contribution in [0.15, 0.2) is 22.9 Å². The summed E-state index contributed by atoms with van der Waals surface area (Å²) < 4.78 is 16.4. The van der Waals surface area contributed by atoms with Crippen LogP contribution >= 0.6 is 0 Å². The Kier molecular flexibility index (Phi) is 5.11. The van der Waals surface area contributed by atoms with Crippen molar-refractivity contribution in [3.63, 3.8) is 0 Å². The SMILES string of the molecule is CCOc1ncccc1-c1nc([C@@H]2CCCN2C(=O)OC(C)(C)C)no1. The minimum absolute atomic E-state index is 0.255. The van der Waals surface area contributed by atoms with Gasteiger partial charge in [0, 0.05) is 12.7 Å². The van der Waals surface area contributed by atoms with E-state index in [9.17, 15) is 4.79 Å². The molecule has 0 N–H and O–H groups in total. The number of rotatable bonds is 4. The first-order chi connectivity index (χ1) is 12.4. The average molecular weight is 360 g/mol. The Morgan fingerprint density at radius 1 is 1.42 bits per heavy atom. The number of hydrogen-bond acceptors (Lipinski definition) is 7. The topological polar surface area (TPSA) is 90.6 Å². The summed E-state index contributed by atoms with van der Waals surface area (Å²) in [6.07, 6.45) is 2.92. The zero-order valence-electron chi connectivity index (χ0n) is 15.6. The molecule has 0 aromatic carbocycles. The summed E-state index contributed by atoms with van der Waals surface area (Å²) >= 11 is 0. The van der Waals surface area contributed by atoms with Crippen LogP contribution in [-0.4, -0.2) is 44.9 Å². The van der Waals surface area contributed by atoms with Gasteiger partial charge in [0.1, 0.15) is 11.2 Å². The molecule has 1 amide bonds. The second-order valence-electron chi connectivity index (χ2n) is 7.08. The second-order valence-corrected chi connectivity index (χ2v) is 7.08. The van der Waals surface area contributed by atoms with Crippen LogP contribution in [0.1, 0.15) is 52.4 Å². The summed E-state index contributed by atoms with van der Waals surface area (Å²) in [6.45, 7) is 8.52. The Labute approximate surface area is 152 Å². The van der Waals surface area contributed by atoms with Crippen LogP contribution in [0.2, 0.25) is 0 Å². The minimum atomic E-state index is -0.547. The van der Waals surface area contributed by atoms with Crippen molar-refractivity contribution in [3.05, 3.63) is 24.2 Å². The van der Waals surface area contributed by atoms with Crippen LogP contribution in [0.4, 0.5) is 4.79 Å². The fourth-order valence-electron chi connectivity index (χ4n) is 2.86. The predicted molar refractivity (Wildman–Crippen MR) is 93.6 cm³/mol. The summed E-state index contributed by atoms with van der Waals surface area (Å²) in [4.78, 5) is 22.8. The molecule has 0 radical (unpaired) electrons. The number of nitrogens with zero attached hydrogens (tertiary/aromatic N) is 4. The van der Waals surface area contributed by atoms with Crippen molar-refractivity contribution in [2.24, 2.45) is 0 Å². The molecule has 2 aromatic heterocycles. The molecule has 3 heterocycles. The highest BCUT2D eigenvalue weighted by Crippen LogP contribution is 2.34. The molecule has 1 atom stereocenters. The average Bonchev–Trinajstić information content (AvgIpc) is 3.23. The first-order valence-electron chi connectivity index (χ1n) is 8.80. The number of likely N-dealkylation sites (tertiary alicyclic amines) is 1. The zero-order valence-corrected chi connectivity index (χ0v) is 15.6. The Balaban J connectivity index is 1.82. The normalized spacial score (nSPS) is 17.4. The fourth-order valence-corrected chi connectivity index (χ4v) is 2.86. The molecular weight excluding hydrogens is 336 g/mol. The maximum atomic E-state index is 12.4. The van der Waals surface area contributed by atoms with Gasteiger partial charge in [-0.3, -0.25) is 4.90 Å². The van der Waals surface area contributed by atoms with E-state index in [-0.39, 0.29) is 12.1 Å². The monoisotopic (exact) mass is 360 g/mol. The van der Waals surface area contributed by atoms with E-state index in [1.54, 1.807) is 17.2 Å². The molecule has 1 saturated heterocycles. The molecule has 0 aliphatic carbocycles. The van der Waals surface area contributed by atoms with Gasteiger partial charge in [0.15, 0.2) is 5.82 Å². The van der Waals surface area contributed by atoms with Gasteiger partial charge in [0.05, 0.1) is 12.6 Å². The van der Waals surface area contributed by atoms with E-state index in [0.717, 1.165) is 12.8 Å². The van der Waals surface area contributed by atoms with Crippen LogP contribution in [0.3, 0.4) is 0 Å². The van der Waals surface area contributed by atoms with Gasteiger partial charge < -0.3 is 14.0 Å². The highest BCUT2D eigenvalue weighted by Gasteiger charge is 2.36. The highest BCUT2D eigenvalue weighted by atomic mass is 16.6. The molecule has 1 aliphatic heterocycles. The summed E-state index contributed by atoms with van der Waals surface area (Å²) in [5, 5.41) is 4.09. The number of carbonyl (C=O) groups excluding carboxylic acids is 1. The number of pyridine rings is 1. The lowest BCUT2D eigenvalue weighted by Crippen LogP contribution is -2.36. The molecule has 8 heteroatoms. The van der Waals surface area contributed by atoms with Crippen molar-refractivity contribution < 1.29 is 18.8 Å². The molecule has 0 spiro atoms. The van der Waals surface area contributed by atoms with Gasteiger partial charge in [-0.05, 0) is 52.7 Å². The molecule has 0 unspecified atom stereocenters. The van der Waals surface area contributed by atoms with Gasteiger partial charge in [0.25, 0.3) is 5.89 Å². The Morgan fingerprint density at radius 2 is 2.23 bits per heavy atom. The van der Waals surface area contributed by atoms with Gasteiger partial charge in [-0.2, -0.15) is 4.98 Å². The Morgan fingerprint density at radius 3 is 2.96 bits per heavy atom. The van der Waals surface area contributed by atoms with E-state index >= 15 is 0 Å². The Bertz CT molecular complexity index is 769. The first-order valence-corrected chi connectivity index (χ1v) is 8.80. The van der Waals surface area contributed by atoms with Crippen LogP contribution in [0.5, 0.6) is 5.88 Å². The summed E-state index contributed by atoms with van der Waals surface area (Å²) in [7, 11) is 0. The first kappa shape index (κ1) is 18.2. The van der Waals surface area contributed by atoms with Crippen LogP contribution in [0.25, 0.3) is 11.5 Å². The smallest absolute Gasteiger partial charge is 0.410 e. The molecule has 0 saturated carbocycles. The molecule has 1 aliphatic rings. The van der Waals surface area contributed by atoms with Gasteiger partial charge >= 0.3 is 6.09 Å². The molecule has 140 valence electrons. The molecule has 26 heavy (non-hydrogen) atoms. The molecule has 8 nitrogen and oxygen atoms in total. The number of ether oxygens (including phenoxy) is 2. The van der Waals surface area contributed by atoms with Crippen molar-refractivity contribution >= 4 is 6.09 Å². The van der Waals surface area contributed by atoms with Crippen molar-refractivity contribution in [1.82, 2.24) is 20.0 Å². The van der Waals surface area contributed by atoms with Crippen LogP contribution < -0.4 is 4.74 Å². The molecular formula is C18H24N4O4.